The van der Waals surface area contributed by atoms with Crippen molar-refractivity contribution in [1.29, 1.82) is 5.26 Å². The van der Waals surface area contributed by atoms with Crippen LogP contribution in [0.4, 0.5) is 5.00 Å². The lowest BCUT2D eigenvalue weighted by Gasteiger charge is -2.08. The highest BCUT2D eigenvalue weighted by Crippen LogP contribution is 2.37. The number of aryl methyl sites for hydroxylation is 1. The number of nitriles is 1. The Hall–Kier alpha value is -3.42. The average molecular weight is 498 g/mol. The number of carbonyl (C=O) groups is 2. The molecule has 2 aromatic heterocycles. The predicted octanol–water partition coefficient (Wildman–Crippen LogP) is 4.82. The number of aromatic nitrogens is 1. The molecule has 34 heavy (non-hydrogen) atoms. The Labute approximate surface area is 205 Å². The van der Waals surface area contributed by atoms with Crippen molar-refractivity contribution in [3.8, 4) is 28.1 Å². The van der Waals surface area contributed by atoms with Crippen LogP contribution in [0, 0.1) is 11.3 Å². The van der Waals surface area contributed by atoms with Crippen molar-refractivity contribution in [3.63, 3.8) is 0 Å². The van der Waals surface area contributed by atoms with Crippen LogP contribution in [0.2, 0.25) is 0 Å². The third-order valence-electron chi connectivity index (χ3n) is 5.46. The number of thiophene rings is 1. The van der Waals surface area contributed by atoms with E-state index in [-0.39, 0.29) is 5.69 Å². The van der Waals surface area contributed by atoms with Crippen molar-refractivity contribution >= 4 is 39.6 Å². The number of esters is 1. The van der Waals surface area contributed by atoms with E-state index in [2.05, 4.69) is 16.4 Å². The summed E-state index contributed by atoms with van der Waals surface area (Å²) in [5, 5.41) is 15.0. The molecule has 0 radical (unpaired) electrons. The first-order valence-electron chi connectivity index (χ1n) is 10.7. The molecule has 0 saturated carbocycles. The zero-order valence-corrected chi connectivity index (χ0v) is 20.4. The van der Waals surface area contributed by atoms with Crippen LogP contribution in [0.15, 0.2) is 23.6 Å². The quantitative estimate of drug-likeness (QED) is 0.368. The smallest absolute Gasteiger partial charge is 0.358 e. The molecule has 0 bridgehead atoms. The van der Waals surface area contributed by atoms with Gasteiger partial charge in [0.15, 0.2) is 23.8 Å². The fourth-order valence-electron chi connectivity index (χ4n) is 3.79. The second-order valence-corrected chi connectivity index (χ2v) is 9.58. The molecule has 8 nitrogen and oxygen atoms in total. The number of carbonyl (C=O) groups excluding carboxylic acids is 2. The standard InChI is InChI=1S/C24H23N3O5S2/c1-30-18-9-8-14(10-19(18)31-2)22-26-17(13-33-22)24(29)32-12-21(28)27-23-16(11-25)15-6-4-3-5-7-20(15)34-23/h8-10,13H,3-7,12H2,1-2H3,(H,27,28). The summed E-state index contributed by atoms with van der Waals surface area (Å²) in [5.74, 6) is -0.0361. The van der Waals surface area contributed by atoms with Gasteiger partial charge in [0, 0.05) is 15.8 Å². The van der Waals surface area contributed by atoms with Gasteiger partial charge in [0.1, 0.15) is 16.1 Å². The summed E-state index contributed by atoms with van der Waals surface area (Å²) in [7, 11) is 3.10. The Balaban J connectivity index is 1.38. The van der Waals surface area contributed by atoms with E-state index in [4.69, 9.17) is 14.2 Å². The lowest BCUT2D eigenvalue weighted by Crippen LogP contribution is -2.21. The highest BCUT2D eigenvalue weighted by atomic mass is 32.1. The first-order chi connectivity index (χ1) is 16.5. The van der Waals surface area contributed by atoms with Gasteiger partial charge in [-0.1, -0.05) is 6.42 Å². The minimum atomic E-state index is -0.694. The van der Waals surface area contributed by atoms with E-state index in [1.807, 2.05) is 6.07 Å². The van der Waals surface area contributed by atoms with Crippen LogP contribution >= 0.6 is 22.7 Å². The van der Waals surface area contributed by atoms with E-state index in [1.54, 1.807) is 31.7 Å². The molecule has 4 rings (SSSR count). The summed E-state index contributed by atoms with van der Waals surface area (Å²) in [6, 6.07) is 7.58. The summed E-state index contributed by atoms with van der Waals surface area (Å²) >= 11 is 2.72. The fraction of sp³-hybridized carbons (Fsp3) is 0.333. The number of anilines is 1. The first-order valence-corrected chi connectivity index (χ1v) is 12.4. The van der Waals surface area contributed by atoms with Crippen LogP contribution in [-0.4, -0.2) is 37.7 Å². The van der Waals surface area contributed by atoms with Crippen LogP contribution in [0.1, 0.15) is 45.8 Å². The minimum absolute atomic E-state index is 0.114. The molecule has 0 spiro atoms. The molecule has 1 aromatic carbocycles. The van der Waals surface area contributed by atoms with Gasteiger partial charge in [-0.05, 0) is 49.4 Å². The predicted molar refractivity (Wildman–Crippen MR) is 130 cm³/mol. The van der Waals surface area contributed by atoms with Crippen molar-refractivity contribution in [1.82, 2.24) is 4.98 Å². The van der Waals surface area contributed by atoms with Gasteiger partial charge in [-0.3, -0.25) is 4.79 Å². The van der Waals surface area contributed by atoms with Crippen LogP contribution < -0.4 is 14.8 Å². The molecule has 1 amide bonds. The molecule has 0 saturated heterocycles. The average Bonchev–Trinajstić information content (AvgIpc) is 3.40. The topological polar surface area (TPSA) is 111 Å². The lowest BCUT2D eigenvalue weighted by atomic mass is 10.1. The third-order valence-corrected chi connectivity index (χ3v) is 7.56. The van der Waals surface area contributed by atoms with Gasteiger partial charge >= 0.3 is 5.97 Å². The highest BCUT2D eigenvalue weighted by Gasteiger charge is 2.22. The lowest BCUT2D eigenvalue weighted by molar-refractivity contribution is -0.119. The summed E-state index contributed by atoms with van der Waals surface area (Å²) in [4.78, 5) is 30.3. The van der Waals surface area contributed by atoms with Gasteiger partial charge < -0.3 is 19.5 Å². The molecule has 2 heterocycles. The van der Waals surface area contributed by atoms with Crippen LogP contribution in [-0.2, 0) is 22.4 Å². The number of hydrogen-bond acceptors (Lipinski definition) is 9. The Bertz CT molecular complexity index is 1260. The maximum absolute atomic E-state index is 12.4. The molecule has 1 N–H and O–H groups in total. The van der Waals surface area contributed by atoms with Gasteiger partial charge in [-0.2, -0.15) is 5.26 Å². The van der Waals surface area contributed by atoms with Crippen LogP contribution in [0.3, 0.4) is 0 Å². The molecule has 3 aromatic rings. The molecule has 0 unspecified atom stereocenters. The van der Waals surface area contributed by atoms with E-state index < -0.39 is 18.5 Å². The number of ether oxygens (including phenoxy) is 3. The second-order valence-electron chi connectivity index (χ2n) is 7.61. The number of nitrogens with zero attached hydrogens (tertiary/aromatic N) is 2. The Morgan fingerprint density at radius 3 is 2.71 bits per heavy atom. The summed E-state index contributed by atoms with van der Waals surface area (Å²) in [6.07, 6.45) is 5.05. The first kappa shape index (κ1) is 23.7. The molecular formula is C24H23N3O5S2. The normalized spacial score (nSPS) is 12.7. The third kappa shape index (κ3) is 5.05. The number of thiazole rings is 1. The van der Waals surface area contributed by atoms with E-state index in [9.17, 15) is 14.9 Å². The maximum atomic E-state index is 12.4. The largest absolute Gasteiger partial charge is 0.493 e. The Morgan fingerprint density at radius 2 is 1.94 bits per heavy atom. The summed E-state index contributed by atoms with van der Waals surface area (Å²) < 4.78 is 15.7. The molecule has 0 aliphatic heterocycles. The van der Waals surface area contributed by atoms with Crippen molar-refractivity contribution in [2.24, 2.45) is 0 Å². The number of rotatable bonds is 7. The van der Waals surface area contributed by atoms with E-state index >= 15 is 0 Å². The molecule has 1 aliphatic carbocycles. The maximum Gasteiger partial charge on any atom is 0.358 e. The number of hydrogen-bond donors (Lipinski definition) is 1. The van der Waals surface area contributed by atoms with Crippen molar-refractivity contribution in [2.45, 2.75) is 32.1 Å². The number of benzene rings is 1. The van der Waals surface area contributed by atoms with Crippen LogP contribution in [0.5, 0.6) is 11.5 Å². The van der Waals surface area contributed by atoms with Crippen molar-refractivity contribution < 1.29 is 23.8 Å². The Kier molecular flexibility index (Phi) is 7.45. The van der Waals surface area contributed by atoms with Gasteiger partial charge in [-0.25, -0.2) is 9.78 Å². The monoisotopic (exact) mass is 497 g/mol. The second kappa shape index (κ2) is 10.7. The highest BCUT2D eigenvalue weighted by molar-refractivity contribution is 7.16. The number of nitrogens with one attached hydrogen (secondary N) is 1. The molecule has 10 heteroatoms. The molecule has 0 fully saturated rings. The van der Waals surface area contributed by atoms with Gasteiger partial charge in [-0.15, -0.1) is 22.7 Å². The zero-order chi connectivity index (χ0) is 24.1. The van der Waals surface area contributed by atoms with Crippen LogP contribution in [0.25, 0.3) is 10.6 Å². The number of fused-ring (bicyclic) bond motifs is 1. The summed E-state index contributed by atoms with van der Waals surface area (Å²) in [6.45, 7) is -0.463. The molecule has 0 atom stereocenters. The van der Waals surface area contributed by atoms with E-state index in [0.717, 1.165) is 48.1 Å². The van der Waals surface area contributed by atoms with Gasteiger partial charge in [0.25, 0.3) is 5.91 Å². The minimum Gasteiger partial charge on any atom is -0.493 e. The number of methoxy groups -OCH3 is 2. The van der Waals surface area contributed by atoms with E-state index in [0.29, 0.717) is 27.1 Å². The van der Waals surface area contributed by atoms with Gasteiger partial charge in [0.05, 0.1) is 19.8 Å². The number of amides is 1. The van der Waals surface area contributed by atoms with E-state index in [1.165, 1.54) is 22.7 Å². The molecule has 1 aliphatic rings. The fourth-order valence-corrected chi connectivity index (χ4v) is 5.83. The molecular weight excluding hydrogens is 474 g/mol. The van der Waals surface area contributed by atoms with Gasteiger partial charge in [0.2, 0.25) is 0 Å². The SMILES string of the molecule is COc1ccc(-c2nc(C(=O)OCC(=O)Nc3sc4c(c3C#N)CCCCC4)cs2)cc1OC. The van der Waals surface area contributed by atoms with Crippen molar-refractivity contribution in [2.75, 3.05) is 26.1 Å². The zero-order valence-electron chi connectivity index (χ0n) is 18.8. The summed E-state index contributed by atoms with van der Waals surface area (Å²) in [5.41, 5.74) is 2.45. The Morgan fingerprint density at radius 1 is 1.15 bits per heavy atom. The van der Waals surface area contributed by atoms with Crippen molar-refractivity contribution in [3.05, 3.63) is 45.3 Å². The molecule has 176 valence electrons.